The van der Waals surface area contributed by atoms with Crippen LogP contribution in [0.3, 0.4) is 0 Å². The van der Waals surface area contributed by atoms with Gasteiger partial charge in [0.05, 0.1) is 12.7 Å². The van der Waals surface area contributed by atoms with Gasteiger partial charge in [0.1, 0.15) is 5.75 Å². The lowest BCUT2D eigenvalue weighted by molar-refractivity contribution is 0.192. The molecule has 0 radical (unpaired) electrons. The molecule has 0 saturated carbocycles. The Hall–Kier alpha value is -0.190. The summed E-state index contributed by atoms with van der Waals surface area (Å²) in [7, 11) is 0. The second kappa shape index (κ2) is 6.40. The van der Waals surface area contributed by atoms with E-state index >= 15 is 0 Å². The summed E-state index contributed by atoms with van der Waals surface area (Å²) >= 11 is 5.13. The second-order valence-electron chi connectivity index (χ2n) is 3.20. The molecule has 0 spiro atoms. The number of aliphatic hydroxyl groups is 1. The molecule has 0 bridgehead atoms. The number of aliphatic hydroxyl groups excluding tert-OH is 1. The van der Waals surface area contributed by atoms with Crippen LogP contribution in [0.1, 0.15) is 18.6 Å². The third kappa shape index (κ3) is 4.05. The maximum atomic E-state index is 9.55. The van der Waals surface area contributed by atoms with Gasteiger partial charge in [-0.3, -0.25) is 0 Å². The number of thioether (sulfide) groups is 1. The van der Waals surface area contributed by atoms with Crippen molar-refractivity contribution in [3.05, 3.63) is 28.2 Å². The number of halogens is 1. The highest BCUT2D eigenvalue weighted by atomic mass is 79.9. The molecular formula is C11H15BrO2S. The molecule has 0 saturated heterocycles. The van der Waals surface area contributed by atoms with Crippen LogP contribution < -0.4 is 4.74 Å². The van der Waals surface area contributed by atoms with Crippen LogP contribution >= 0.6 is 27.7 Å². The van der Waals surface area contributed by atoms with E-state index in [1.165, 1.54) is 0 Å². The van der Waals surface area contributed by atoms with E-state index in [2.05, 4.69) is 15.9 Å². The third-order valence-electron chi connectivity index (χ3n) is 1.97. The Morgan fingerprint density at radius 1 is 1.53 bits per heavy atom. The molecular weight excluding hydrogens is 276 g/mol. The van der Waals surface area contributed by atoms with E-state index in [4.69, 9.17) is 4.74 Å². The molecule has 4 heteroatoms. The van der Waals surface area contributed by atoms with Crippen molar-refractivity contribution in [2.75, 3.05) is 18.6 Å². The van der Waals surface area contributed by atoms with Gasteiger partial charge in [-0.2, -0.15) is 11.8 Å². The summed E-state index contributed by atoms with van der Waals surface area (Å²) in [5.74, 6) is 1.71. The normalized spacial score (nSPS) is 12.5. The van der Waals surface area contributed by atoms with Crippen molar-refractivity contribution in [1.82, 2.24) is 0 Å². The van der Waals surface area contributed by atoms with Gasteiger partial charge in [0.15, 0.2) is 0 Å². The predicted molar refractivity (Wildman–Crippen MR) is 68.7 cm³/mol. The molecule has 1 unspecified atom stereocenters. The zero-order chi connectivity index (χ0) is 11.3. The molecule has 0 aliphatic heterocycles. The first-order valence-corrected chi connectivity index (χ1v) is 6.93. The Balaban J connectivity index is 2.77. The first-order chi connectivity index (χ1) is 7.15. The van der Waals surface area contributed by atoms with Gasteiger partial charge >= 0.3 is 0 Å². The highest BCUT2D eigenvalue weighted by Gasteiger charge is 2.09. The molecule has 0 fully saturated rings. The standard InChI is InChI=1S/C11H15BrO2S/c1-8(13)10-4-3-9(12)7-11(10)14-5-6-15-2/h3-4,7-8,13H,5-6H2,1-2H3. The Morgan fingerprint density at radius 2 is 2.27 bits per heavy atom. The van der Waals surface area contributed by atoms with Crippen molar-refractivity contribution < 1.29 is 9.84 Å². The third-order valence-corrected chi connectivity index (χ3v) is 3.04. The zero-order valence-electron chi connectivity index (χ0n) is 8.87. The van der Waals surface area contributed by atoms with Crippen LogP contribution in [0.25, 0.3) is 0 Å². The van der Waals surface area contributed by atoms with Gasteiger partial charge in [0.2, 0.25) is 0 Å². The average Bonchev–Trinajstić information content (AvgIpc) is 2.18. The molecule has 1 aromatic rings. The lowest BCUT2D eigenvalue weighted by Gasteiger charge is -2.13. The molecule has 84 valence electrons. The summed E-state index contributed by atoms with van der Waals surface area (Å²) in [6.45, 7) is 2.40. The summed E-state index contributed by atoms with van der Waals surface area (Å²) in [5, 5.41) is 9.55. The van der Waals surface area contributed by atoms with Gasteiger partial charge in [-0.05, 0) is 25.3 Å². The number of rotatable bonds is 5. The maximum absolute atomic E-state index is 9.55. The number of benzene rings is 1. The summed E-state index contributed by atoms with van der Waals surface area (Å²) in [6.07, 6.45) is 1.54. The molecule has 0 aliphatic rings. The van der Waals surface area contributed by atoms with E-state index in [0.717, 1.165) is 21.5 Å². The molecule has 2 nitrogen and oxygen atoms in total. The fraction of sp³-hybridized carbons (Fsp3) is 0.455. The molecule has 0 aliphatic carbocycles. The summed E-state index contributed by atoms with van der Waals surface area (Å²) < 4.78 is 6.57. The van der Waals surface area contributed by atoms with Crippen molar-refractivity contribution in [2.24, 2.45) is 0 Å². The molecule has 1 rings (SSSR count). The van der Waals surface area contributed by atoms with Gasteiger partial charge in [0, 0.05) is 15.8 Å². The minimum absolute atomic E-state index is 0.498. The lowest BCUT2D eigenvalue weighted by Crippen LogP contribution is -2.03. The van der Waals surface area contributed by atoms with Crippen LogP contribution in [-0.4, -0.2) is 23.7 Å². The second-order valence-corrected chi connectivity index (χ2v) is 5.10. The van der Waals surface area contributed by atoms with Crippen molar-refractivity contribution >= 4 is 27.7 Å². The quantitative estimate of drug-likeness (QED) is 0.844. The van der Waals surface area contributed by atoms with Gasteiger partial charge in [-0.1, -0.05) is 22.0 Å². The van der Waals surface area contributed by atoms with E-state index in [-0.39, 0.29) is 0 Å². The van der Waals surface area contributed by atoms with E-state index in [0.29, 0.717) is 6.61 Å². The largest absolute Gasteiger partial charge is 0.492 e. The van der Waals surface area contributed by atoms with Gasteiger partial charge < -0.3 is 9.84 Å². The minimum atomic E-state index is -0.498. The summed E-state index contributed by atoms with van der Waals surface area (Å²) in [4.78, 5) is 0. The first-order valence-electron chi connectivity index (χ1n) is 4.74. The molecule has 15 heavy (non-hydrogen) atoms. The Kier molecular flexibility index (Phi) is 5.50. The van der Waals surface area contributed by atoms with Gasteiger partial charge in [-0.15, -0.1) is 0 Å². The van der Waals surface area contributed by atoms with E-state index < -0.39 is 6.10 Å². The van der Waals surface area contributed by atoms with Crippen LogP contribution in [0, 0.1) is 0 Å². The number of hydrogen-bond donors (Lipinski definition) is 1. The van der Waals surface area contributed by atoms with Crippen LogP contribution in [0.5, 0.6) is 5.75 Å². The fourth-order valence-corrected chi connectivity index (χ4v) is 1.80. The van der Waals surface area contributed by atoms with E-state index in [1.54, 1.807) is 18.7 Å². The van der Waals surface area contributed by atoms with Crippen molar-refractivity contribution in [3.8, 4) is 5.75 Å². The predicted octanol–water partition coefficient (Wildman–Crippen LogP) is 3.24. The molecule has 1 N–H and O–H groups in total. The Labute approximate surface area is 103 Å². The Bertz CT molecular complexity index is 315. The van der Waals surface area contributed by atoms with Crippen LogP contribution in [0.4, 0.5) is 0 Å². The number of hydrogen-bond acceptors (Lipinski definition) is 3. The smallest absolute Gasteiger partial charge is 0.126 e. The highest BCUT2D eigenvalue weighted by Crippen LogP contribution is 2.28. The number of ether oxygens (including phenoxy) is 1. The molecule has 0 amide bonds. The van der Waals surface area contributed by atoms with Crippen molar-refractivity contribution in [1.29, 1.82) is 0 Å². The van der Waals surface area contributed by atoms with Crippen LogP contribution in [0.15, 0.2) is 22.7 Å². The minimum Gasteiger partial charge on any atom is -0.492 e. The SMILES string of the molecule is CSCCOc1cc(Br)ccc1C(C)O. The summed E-state index contributed by atoms with van der Waals surface area (Å²) in [5.41, 5.74) is 0.833. The van der Waals surface area contributed by atoms with Crippen molar-refractivity contribution in [2.45, 2.75) is 13.0 Å². The molecule has 1 aromatic carbocycles. The van der Waals surface area contributed by atoms with E-state index in [1.807, 2.05) is 24.5 Å². The molecule has 0 aromatic heterocycles. The molecule has 0 heterocycles. The van der Waals surface area contributed by atoms with Crippen molar-refractivity contribution in [3.63, 3.8) is 0 Å². The van der Waals surface area contributed by atoms with Gasteiger partial charge in [-0.25, -0.2) is 0 Å². The van der Waals surface area contributed by atoms with Crippen LogP contribution in [-0.2, 0) is 0 Å². The zero-order valence-corrected chi connectivity index (χ0v) is 11.3. The monoisotopic (exact) mass is 290 g/mol. The topological polar surface area (TPSA) is 29.5 Å². The van der Waals surface area contributed by atoms with Crippen LogP contribution in [0.2, 0.25) is 0 Å². The van der Waals surface area contributed by atoms with E-state index in [9.17, 15) is 5.11 Å². The summed E-state index contributed by atoms with van der Waals surface area (Å²) in [6, 6.07) is 5.68. The average molecular weight is 291 g/mol. The molecule has 1 atom stereocenters. The fourth-order valence-electron chi connectivity index (χ4n) is 1.21. The van der Waals surface area contributed by atoms with Gasteiger partial charge in [0.25, 0.3) is 0 Å². The first kappa shape index (κ1) is 12.9. The highest BCUT2D eigenvalue weighted by molar-refractivity contribution is 9.10. The maximum Gasteiger partial charge on any atom is 0.126 e. The lowest BCUT2D eigenvalue weighted by atomic mass is 10.1. The Morgan fingerprint density at radius 3 is 2.87 bits per heavy atom.